The first-order chi connectivity index (χ1) is 14.6. The van der Waals surface area contributed by atoms with Crippen LogP contribution in [-0.4, -0.2) is 0 Å². The Morgan fingerprint density at radius 1 is 0.962 bits per heavy atom. The minimum absolute atomic E-state index is 0.155. The van der Waals surface area contributed by atoms with Gasteiger partial charge in [-0.3, -0.25) is 0 Å². The Morgan fingerprint density at radius 2 is 1.73 bits per heavy atom. The first-order valence-electron chi connectivity index (χ1n) is 11.7. The molecule has 0 radical (unpaired) electrons. The largest absolute Gasteiger partial charge is 0.212 e. The van der Waals surface area contributed by atoms with Crippen molar-refractivity contribution >= 4 is 0 Å². The molecular weight excluding hydrogens is 314 g/mol. The molecule has 0 spiro atoms. The standard InChI is InChI=1S/C25H28N/c1-19-8-6-7-11-24(19)25-17-16-23(18-26(25)2)22-14-12-21(13-15-22)20-9-4-3-5-10-20/h6-8,11-18,20H,3-5,9-10H2,1-2H3/q+1/i4D2,9D2,20D. The molecule has 1 aliphatic rings. The van der Waals surface area contributed by atoms with E-state index in [0.717, 1.165) is 16.8 Å². The average Bonchev–Trinajstić information content (AvgIpc) is 2.73. The van der Waals surface area contributed by atoms with Gasteiger partial charge < -0.3 is 0 Å². The zero-order valence-electron chi connectivity index (χ0n) is 20.4. The Balaban J connectivity index is 1.66. The van der Waals surface area contributed by atoms with Crippen molar-refractivity contribution in [3.63, 3.8) is 0 Å². The molecule has 4 rings (SSSR count). The Bertz CT molecular complexity index is 1110. The SMILES string of the molecule is [2H]C1([2H])CCCC([2H])(c2ccc(-c3ccc(-c4ccccc4C)[n+](C)c3)cc2)C1([2H])[2H]. The topological polar surface area (TPSA) is 3.88 Å². The van der Waals surface area contributed by atoms with E-state index in [4.69, 9.17) is 6.85 Å². The second kappa shape index (κ2) is 7.45. The Hall–Kier alpha value is -2.41. The molecule has 1 fully saturated rings. The predicted molar refractivity (Wildman–Crippen MR) is 109 cm³/mol. The van der Waals surface area contributed by atoms with Crippen molar-refractivity contribution < 1.29 is 11.4 Å². The Labute approximate surface area is 164 Å². The van der Waals surface area contributed by atoms with Crippen molar-refractivity contribution in [1.29, 1.82) is 0 Å². The zero-order chi connectivity index (χ0) is 22.4. The van der Waals surface area contributed by atoms with Crippen LogP contribution in [0.1, 0.15) is 55.9 Å². The molecule has 1 heterocycles. The van der Waals surface area contributed by atoms with Gasteiger partial charge in [0.15, 0.2) is 6.20 Å². The third kappa shape index (κ3) is 3.44. The molecule has 0 amide bonds. The van der Waals surface area contributed by atoms with Crippen molar-refractivity contribution in [3.05, 3.63) is 78.0 Å². The molecule has 1 atom stereocenters. The van der Waals surface area contributed by atoms with E-state index in [1.165, 1.54) is 11.1 Å². The van der Waals surface area contributed by atoms with Gasteiger partial charge in [-0.15, -0.1) is 0 Å². The van der Waals surface area contributed by atoms with Crippen LogP contribution in [0.2, 0.25) is 0 Å². The van der Waals surface area contributed by atoms with E-state index in [-0.39, 0.29) is 6.42 Å². The number of nitrogens with zero attached hydrogens (tertiary/aromatic N) is 1. The lowest BCUT2D eigenvalue weighted by atomic mass is 9.84. The summed E-state index contributed by atoms with van der Waals surface area (Å²) in [7, 11) is 2.02. The molecule has 1 saturated carbocycles. The number of hydrogen-bond donors (Lipinski definition) is 0. The molecule has 1 heteroatoms. The molecule has 0 bridgehead atoms. The van der Waals surface area contributed by atoms with Crippen LogP contribution in [0.4, 0.5) is 0 Å². The lowest BCUT2D eigenvalue weighted by Crippen LogP contribution is -2.30. The maximum atomic E-state index is 8.85. The molecular formula is C25H28N+. The highest BCUT2D eigenvalue weighted by Gasteiger charge is 2.16. The molecule has 0 saturated heterocycles. The van der Waals surface area contributed by atoms with Crippen molar-refractivity contribution in [2.24, 2.45) is 7.05 Å². The van der Waals surface area contributed by atoms with Gasteiger partial charge in [-0.1, -0.05) is 61.7 Å². The summed E-state index contributed by atoms with van der Waals surface area (Å²) in [6, 6.07) is 19.9. The summed E-state index contributed by atoms with van der Waals surface area (Å²) in [5.74, 6) is -1.59. The molecule has 132 valence electrons. The fourth-order valence-electron chi connectivity index (χ4n) is 3.58. The Kier molecular flexibility index (Phi) is 3.46. The van der Waals surface area contributed by atoms with Crippen molar-refractivity contribution in [2.75, 3.05) is 0 Å². The van der Waals surface area contributed by atoms with Crippen molar-refractivity contribution in [2.45, 2.75) is 44.8 Å². The van der Waals surface area contributed by atoms with Gasteiger partial charge in [-0.2, -0.15) is 0 Å². The van der Waals surface area contributed by atoms with Gasteiger partial charge in [0.2, 0.25) is 5.69 Å². The fourth-order valence-corrected chi connectivity index (χ4v) is 3.58. The summed E-state index contributed by atoms with van der Waals surface area (Å²) < 4.78 is 44.0. The highest BCUT2D eigenvalue weighted by molar-refractivity contribution is 5.66. The lowest BCUT2D eigenvalue weighted by molar-refractivity contribution is -0.659. The fraction of sp³-hybridized carbons (Fsp3) is 0.320. The summed E-state index contributed by atoms with van der Waals surface area (Å²) in [4.78, 5) is 0. The molecule has 0 aliphatic heterocycles. The third-order valence-electron chi connectivity index (χ3n) is 5.09. The highest BCUT2D eigenvalue weighted by Crippen LogP contribution is 2.33. The van der Waals surface area contributed by atoms with Crippen molar-refractivity contribution in [1.82, 2.24) is 0 Å². The average molecular weight is 348 g/mol. The van der Waals surface area contributed by atoms with E-state index in [1.807, 2.05) is 31.3 Å². The molecule has 1 nitrogen and oxygen atoms in total. The minimum atomic E-state index is -2.25. The maximum Gasteiger partial charge on any atom is 0.212 e. The van der Waals surface area contributed by atoms with Gasteiger partial charge in [0.1, 0.15) is 7.05 Å². The number of rotatable bonds is 3. The van der Waals surface area contributed by atoms with Gasteiger partial charge in [0.25, 0.3) is 0 Å². The van der Waals surface area contributed by atoms with Crippen LogP contribution >= 0.6 is 0 Å². The quantitative estimate of drug-likeness (QED) is 0.497. The normalized spacial score (nSPS) is 26.8. The number of aromatic nitrogens is 1. The molecule has 1 aliphatic carbocycles. The smallest absolute Gasteiger partial charge is 0.200 e. The number of hydrogen-bond acceptors (Lipinski definition) is 0. The minimum Gasteiger partial charge on any atom is -0.200 e. The summed E-state index contributed by atoms with van der Waals surface area (Å²) >= 11 is 0. The van der Waals surface area contributed by atoms with E-state index in [0.29, 0.717) is 18.4 Å². The lowest BCUT2D eigenvalue weighted by Gasteiger charge is -2.22. The van der Waals surface area contributed by atoms with Crippen LogP contribution in [0.5, 0.6) is 0 Å². The second-order valence-corrected chi connectivity index (χ2v) is 6.94. The Morgan fingerprint density at radius 3 is 2.50 bits per heavy atom. The summed E-state index contributed by atoms with van der Waals surface area (Å²) in [5, 5.41) is 0. The molecule has 0 N–H and O–H groups in total. The van der Waals surface area contributed by atoms with Crippen LogP contribution in [0.3, 0.4) is 0 Å². The van der Waals surface area contributed by atoms with Crippen LogP contribution in [0, 0.1) is 6.92 Å². The van der Waals surface area contributed by atoms with Gasteiger partial charge in [0.05, 0.1) is 0 Å². The van der Waals surface area contributed by atoms with Gasteiger partial charge in [-0.05, 0) is 54.4 Å². The first kappa shape index (κ1) is 12.1. The molecule has 2 aromatic carbocycles. The van der Waals surface area contributed by atoms with E-state index in [9.17, 15) is 0 Å². The number of pyridine rings is 1. The van der Waals surface area contributed by atoms with Crippen LogP contribution in [0.25, 0.3) is 22.4 Å². The second-order valence-electron chi connectivity index (χ2n) is 6.94. The summed E-state index contributed by atoms with van der Waals surface area (Å²) in [5.41, 5.74) is 6.09. The van der Waals surface area contributed by atoms with E-state index < -0.39 is 18.6 Å². The first-order valence-corrected chi connectivity index (χ1v) is 9.23. The van der Waals surface area contributed by atoms with Crippen LogP contribution < -0.4 is 4.57 Å². The monoisotopic (exact) mass is 347 g/mol. The van der Waals surface area contributed by atoms with E-state index in [2.05, 4.69) is 42.0 Å². The van der Waals surface area contributed by atoms with Gasteiger partial charge in [-0.25, -0.2) is 4.57 Å². The summed E-state index contributed by atoms with van der Waals surface area (Å²) in [6.07, 6.45) is -1.20. The molecule has 3 aromatic rings. The maximum absolute atomic E-state index is 8.85. The molecule has 1 unspecified atom stereocenters. The van der Waals surface area contributed by atoms with E-state index in [1.54, 1.807) is 12.1 Å². The third-order valence-corrected chi connectivity index (χ3v) is 5.09. The highest BCUT2D eigenvalue weighted by atomic mass is 14.9. The van der Waals surface area contributed by atoms with Crippen LogP contribution in [0.15, 0.2) is 66.9 Å². The number of benzene rings is 2. The van der Waals surface area contributed by atoms with Gasteiger partial charge in [0, 0.05) is 24.0 Å². The molecule has 1 aromatic heterocycles. The summed E-state index contributed by atoms with van der Waals surface area (Å²) in [6.45, 7) is 2.10. The van der Waals surface area contributed by atoms with Crippen LogP contribution in [-0.2, 0) is 7.05 Å². The molecule has 26 heavy (non-hydrogen) atoms. The number of aryl methyl sites for hydroxylation is 2. The van der Waals surface area contributed by atoms with Gasteiger partial charge >= 0.3 is 0 Å². The van der Waals surface area contributed by atoms with E-state index >= 15 is 0 Å². The predicted octanol–water partition coefficient (Wildman–Crippen LogP) is 6.20. The van der Waals surface area contributed by atoms with Crippen molar-refractivity contribution in [3.8, 4) is 22.4 Å². The zero-order valence-corrected chi connectivity index (χ0v) is 15.4.